The molecule has 3 aromatic rings. The third kappa shape index (κ3) is 2.46. The Balaban J connectivity index is 2.32. The van der Waals surface area contributed by atoms with Gasteiger partial charge in [0.05, 0.1) is 5.56 Å². The van der Waals surface area contributed by atoms with Crippen LogP contribution in [0.2, 0.25) is 0 Å². The molecule has 2 aromatic carbocycles. The second kappa shape index (κ2) is 5.80. The van der Waals surface area contributed by atoms with Crippen molar-refractivity contribution in [1.29, 1.82) is 0 Å². The van der Waals surface area contributed by atoms with Crippen LogP contribution in [0.25, 0.3) is 10.9 Å². The number of phenolic OH excluding ortho intramolecular Hbond substituents is 1. The van der Waals surface area contributed by atoms with E-state index >= 15 is 0 Å². The van der Waals surface area contributed by atoms with E-state index in [9.17, 15) is 9.90 Å². The number of carbonyl (C=O) groups is 1. The lowest BCUT2D eigenvalue weighted by molar-refractivity contribution is 0.100. The second-order valence-corrected chi connectivity index (χ2v) is 5.69. The molecule has 0 atom stereocenters. The van der Waals surface area contributed by atoms with Gasteiger partial charge >= 0.3 is 0 Å². The SMILES string of the molecule is CCn1c(C)c(C(N)=O)c2c(Cc3ccccc3)c(O)ccc21. The van der Waals surface area contributed by atoms with E-state index < -0.39 is 5.91 Å². The molecule has 4 heteroatoms. The van der Waals surface area contributed by atoms with Gasteiger partial charge in [0.15, 0.2) is 0 Å². The number of hydrogen-bond acceptors (Lipinski definition) is 2. The minimum absolute atomic E-state index is 0.192. The molecule has 0 fully saturated rings. The predicted molar refractivity (Wildman–Crippen MR) is 91.8 cm³/mol. The van der Waals surface area contributed by atoms with Gasteiger partial charge < -0.3 is 15.4 Å². The Kier molecular flexibility index (Phi) is 3.82. The number of rotatable bonds is 4. The van der Waals surface area contributed by atoms with Crippen LogP contribution in [0.1, 0.15) is 34.1 Å². The van der Waals surface area contributed by atoms with Crippen molar-refractivity contribution in [2.75, 3.05) is 0 Å². The van der Waals surface area contributed by atoms with Crippen molar-refractivity contribution in [2.45, 2.75) is 26.8 Å². The normalized spacial score (nSPS) is 11.0. The minimum atomic E-state index is -0.459. The van der Waals surface area contributed by atoms with Crippen LogP contribution < -0.4 is 5.73 Å². The van der Waals surface area contributed by atoms with Crippen LogP contribution in [-0.4, -0.2) is 15.6 Å². The summed E-state index contributed by atoms with van der Waals surface area (Å²) in [7, 11) is 0. The lowest BCUT2D eigenvalue weighted by Gasteiger charge is -2.09. The van der Waals surface area contributed by atoms with E-state index in [4.69, 9.17) is 5.73 Å². The molecule has 0 saturated carbocycles. The summed E-state index contributed by atoms with van der Waals surface area (Å²) in [5, 5.41) is 11.2. The number of primary amides is 1. The first-order valence-electron chi connectivity index (χ1n) is 7.72. The largest absolute Gasteiger partial charge is 0.508 e. The highest BCUT2D eigenvalue weighted by atomic mass is 16.3. The van der Waals surface area contributed by atoms with E-state index in [1.54, 1.807) is 6.07 Å². The molecule has 0 aliphatic carbocycles. The topological polar surface area (TPSA) is 68.2 Å². The summed E-state index contributed by atoms with van der Waals surface area (Å²) in [6.45, 7) is 4.67. The molecule has 3 N–H and O–H groups in total. The highest BCUT2D eigenvalue weighted by molar-refractivity contribution is 6.09. The molecule has 0 aliphatic rings. The van der Waals surface area contributed by atoms with Crippen molar-refractivity contribution >= 4 is 16.8 Å². The Morgan fingerprint density at radius 1 is 1.17 bits per heavy atom. The predicted octanol–water partition coefficient (Wildman–Crippen LogP) is 3.36. The monoisotopic (exact) mass is 308 g/mol. The van der Waals surface area contributed by atoms with Crippen molar-refractivity contribution in [3.05, 3.63) is 64.8 Å². The molecule has 23 heavy (non-hydrogen) atoms. The van der Waals surface area contributed by atoms with E-state index in [0.717, 1.165) is 34.3 Å². The number of benzene rings is 2. The van der Waals surface area contributed by atoms with Crippen LogP contribution in [0, 0.1) is 6.92 Å². The molecule has 1 heterocycles. The summed E-state index contributed by atoms with van der Waals surface area (Å²) in [4.78, 5) is 12.0. The number of nitrogens with zero attached hydrogens (tertiary/aromatic N) is 1. The molecule has 3 rings (SSSR count). The summed E-state index contributed by atoms with van der Waals surface area (Å²) in [5.74, 6) is -0.267. The Morgan fingerprint density at radius 2 is 1.87 bits per heavy atom. The fraction of sp³-hybridized carbons (Fsp3) is 0.211. The maximum absolute atomic E-state index is 12.0. The number of phenols is 1. The smallest absolute Gasteiger partial charge is 0.251 e. The van der Waals surface area contributed by atoms with Gasteiger partial charge in [-0.05, 0) is 31.5 Å². The van der Waals surface area contributed by atoms with Crippen molar-refractivity contribution in [3.8, 4) is 5.75 Å². The third-order valence-electron chi connectivity index (χ3n) is 4.36. The van der Waals surface area contributed by atoms with Crippen molar-refractivity contribution < 1.29 is 9.90 Å². The van der Waals surface area contributed by atoms with E-state index in [2.05, 4.69) is 4.57 Å². The minimum Gasteiger partial charge on any atom is -0.508 e. The average Bonchev–Trinajstić information content (AvgIpc) is 2.83. The standard InChI is InChI=1S/C19H20N2O2/c1-3-21-12(2)17(19(20)23)18-14(16(22)10-9-15(18)21)11-13-7-5-4-6-8-13/h4-10,22H,3,11H2,1-2H3,(H2,20,23). The molecular weight excluding hydrogens is 288 g/mol. The maximum Gasteiger partial charge on any atom is 0.251 e. The summed E-state index contributed by atoms with van der Waals surface area (Å²) in [5.41, 5.74) is 9.73. The number of carbonyl (C=O) groups excluding carboxylic acids is 1. The summed E-state index contributed by atoms with van der Waals surface area (Å²) >= 11 is 0. The molecule has 0 spiro atoms. The summed E-state index contributed by atoms with van der Waals surface area (Å²) in [6.07, 6.45) is 0.553. The van der Waals surface area contributed by atoms with Gasteiger partial charge in [-0.25, -0.2) is 0 Å². The van der Waals surface area contributed by atoms with Crippen LogP contribution in [-0.2, 0) is 13.0 Å². The molecule has 0 bridgehead atoms. The van der Waals surface area contributed by atoms with Crippen LogP contribution in [0.4, 0.5) is 0 Å². The zero-order valence-corrected chi connectivity index (χ0v) is 13.3. The molecule has 118 valence electrons. The van der Waals surface area contributed by atoms with Gasteiger partial charge in [-0.1, -0.05) is 30.3 Å². The van der Waals surface area contributed by atoms with Gasteiger partial charge in [0.25, 0.3) is 5.91 Å². The third-order valence-corrected chi connectivity index (χ3v) is 4.36. The van der Waals surface area contributed by atoms with Gasteiger partial charge in [0.2, 0.25) is 0 Å². The second-order valence-electron chi connectivity index (χ2n) is 5.69. The summed E-state index contributed by atoms with van der Waals surface area (Å²) in [6, 6.07) is 13.4. The fourth-order valence-corrected chi connectivity index (χ4v) is 3.31. The molecule has 0 radical (unpaired) electrons. The van der Waals surface area contributed by atoms with Gasteiger partial charge in [0.1, 0.15) is 5.75 Å². The molecule has 0 saturated heterocycles. The number of fused-ring (bicyclic) bond motifs is 1. The Labute approximate surface area is 135 Å². The van der Waals surface area contributed by atoms with Crippen molar-refractivity contribution in [1.82, 2.24) is 4.57 Å². The van der Waals surface area contributed by atoms with E-state index in [-0.39, 0.29) is 5.75 Å². The molecule has 1 amide bonds. The number of aromatic nitrogens is 1. The lowest BCUT2D eigenvalue weighted by Crippen LogP contribution is -2.13. The zero-order chi connectivity index (χ0) is 16.6. The Bertz CT molecular complexity index is 880. The molecule has 0 unspecified atom stereocenters. The number of nitrogens with two attached hydrogens (primary N) is 1. The highest BCUT2D eigenvalue weighted by Crippen LogP contribution is 2.35. The highest BCUT2D eigenvalue weighted by Gasteiger charge is 2.22. The van der Waals surface area contributed by atoms with Crippen LogP contribution in [0.3, 0.4) is 0 Å². The van der Waals surface area contributed by atoms with Crippen molar-refractivity contribution in [3.63, 3.8) is 0 Å². The number of amides is 1. The number of aromatic hydroxyl groups is 1. The van der Waals surface area contributed by atoms with E-state index in [1.165, 1.54) is 0 Å². The first-order valence-corrected chi connectivity index (χ1v) is 7.72. The van der Waals surface area contributed by atoms with Gasteiger partial charge in [-0.15, -0.1) is 0 Å². The van der Waals surface area contributed by atoms with E-state index in [0.29, 0.717) is 12.0 Å². The maximum atomic E-state index is 12.0. The number of hydrogen-bond donors (Lipinski definition) is 2. The van der Waals surface area contributed by atoms with Crippen LogP contribution >= 0.6 is 0 Å². The van der Waals surface area contributed by atoms with Gasteiger partial charge in [0, 0.05) is 35.1 Å². The molecular formula is C19H20N2O2. The average molecular weight is 308 g/mol. The Hall–Kier alpha value is -2.75. The zero-order valence-electron chi connectivity index (χ0n) is 13.3. The molecule has 0 aliphatic heterocycles. The quantitative estimate of drug-likeness (QED) is 0.776. The summed E-state index contributed by atoms with van der Waals surface area (Å²) < 4.78 is 2.06. The van der Waals surface area contributed by atoms with Crippen LogP contribution in [0.5, 0.6) is 5.75 Å². The van der Waals surface area contributed by atoms with Gasteiger partial charge in [-0.3, -0.25) is 4.79 Å². The van der Waals surface area contributed by atoms with Crippen molar-refractivity contribution in [2.24, 2.45) is 5.73 Å². The number of aryl methyl sites for hydroxylation is 1. The first-order chi connectivity index (χ1) is 11.0. The fourth-order valence-electron chi connectivity index (χ4n) is 3.31. The lowest BCUT2D eigenvalue weighted by atomic mass is 9.97. The first kappa shape index (κ1) is 15.2. The Morgan fingerprint density at radius 3 is 2.48 bits per heavy atom. The molecule has 4 nitrogen and oxygen atoms in total. The van der Waals surface area contributed by atoms with E-state index in [1.807, 2.05) is 50.2 Å². The van der Waals surface area contributed by atoms with Gasteiger partial charge in [-0.2, -0.15) is 0 Å². The molecule has 1 aromatic heterocycles. The van der Waals surface area contributed by atoms with Crippen LogP contribution in [0.15, 0.2) is 42.5 Å².